The smallest absolute Gasteiger partial charge is 0.312 e. The summed E-state index contributed by atoms with van der Waals surface area (Å²) >= 11 is 3.09. The number of phenols is 1. The molecule has 0 bridgehead atoms. The van der Waals surface area contributed by atoms with Gasteiger partial charge in [-0.3, -0.25) is 14.9 Å². The molecule has 9 heteroatoms. The monoisotopic (exact) mass is 353 g/mol. The van der Waals surface area contributed by atoms with E-state index in [1.165, 1.54) is 18.4 Å². The molecule has 1 amide bonds. The number of rotatable bonds is 4. The summed E-state index contributed by atoms with van der Waals surface area (Å²) < 4.78 is 5.25. The van der Waals surface area contributed by atoms with Crippen LogP contribution >= 0.6 is 15.9 Å². The predicted molar refractivity (Wildman–Crippen MR) is 76.2 cm³/mol. The van der Waals surface area contributed by atoms with Crippen molar-refractivity contribution >= 4 is 33.7 Å². The second-order valence-electron chi connectivity index (χ2n) is 3.80. The first-order chi connectivity index (χ1) is 9.99. The molecule has 2 rings (SSSR count). The van der Waals surface area contributed by atoms with Crippen molar-refractivity contribution in [1.29, 1.82) is 0 Å². The molecule has 0 fully saturated rings. The number of amides is 1. The molecule has 1 aromatic heterocycles. The maximum Gasteiger partial charge on any atom is 0.312 e. The molecule has 0 aliphatic rings. The molecule has 0 saturated heterocycles. The molecule has 1 heterocycles. The van der Waals surface area contributed by atoms with E-state index in [1.807, 2.05) is 0 Å². The van der Waals surface area contributed by atoms with Crippen molar-refractivity contribution in [2.45, 2.75) is 0 Å². The summed E-state index contributed by atoms with van der Waals surface area (Å²) in [6.07, 6.45) is 2.43. The Morgan fingerprint density at radius 1 is 1.52 bits per heavy atom. The van der Waals surface area contributed by atoms with Crippen LogP contribution in [0.5, 0.6) is 5.75 Å². The number of carbonyl (C=O) groups excluding carboxylic acids is 1. The molecule has 8 nitrogen and oxygen atoms in total. The van der Waals surface area contributed by atoms with Crippen LogP contribution in [-0.4, -0.2) is 22.2 Å². The van der Waals surface area contributed by atoms with E-state index in [0.29, 0.717) is 4.47 Å². The number of furan rings is 1. The van der Waals surface area contributed by atoms with Crippen molar-refractivity contribution in [3.05, 3.63) is 56.4 Å². The highest BCUT2D eigenvalue weighted by Gasteiger charge is 2.17. The summed E-state index contributed by atoms with van der Waals surface area (Å²) in [6, 6.07) is 5.58. The minimum absolute atomic E-state index is 0.0663. The van der Waals surface area contributed by atoms with Crippen LogP contribution in [-0.2, 0) is 0 Å². The van der Waals surface area contributed by atoms with Crippen molar-refractivity contribution in [3.63, 3.8) is 0 Å². The first-order valence-electron chi connectivity index (χ1n) is 5.53. The summed E-state index contributed by atoms with van der Waals surface area (Å²) in [5.41, 5.74) is 1.78. The Morgan fingerprint density at radius 2 is 2.29 bits per heavy atom. The topological polar surface area (TPSA) is 118 Å². The van der Waals surface area contributed by atoms with Gasteiger partial charge in [0.15, 0.2) is 5.76 Å². The third-order valence-corrected chi connectivity index (χ3v) is 2.85. The SMILES string of the molecule is O=C(N/N=C\c1cc(Br)cc([N+](=O)[O-])c1O)c1ccco1. The van der Waals surface area contributed by atoms with E-state index < -0.39 is 22.3 Å². The van der Waals surface area contributed by atoms with Crippen LogP contribution in [0.15, 0.2) is 44.5 Å². The Labute approximate surface area is 126 Å². The number of aromatic hydroxyl groups is 1. The number of nitrogens with zero attached hydrogens (tertiary/aromatic N) is 2. The molecule has 1 aromatic carbocycles. The highest BCUT2D eigenvalue weighted by molar-refractivity contribution is 9.10. The number of halogens is 1. The third kappa shape index (κ3) is 3.45. The zero-order chi connectivity index (χ0) is 15.4. The molecule has 108 valence electrons. The first kappa shape index (κ1) is 14.7. The van der Waals surface area contributed by atoms with E-state index in [2.05, 4.69) is 26.5 Å². The molecule has 0 aliphatic heterocycles. The van der Waals surface area contributed by atoms with Crippen LogP contribution in [0.3, 0.4) is 0 Å². The molecule has 2 aromatic rings. The zero-order valence-corrected chi connectivity index (χ0v) is 11.9. The number of hydrogen-bond donors (Lipinski definition) is 2. The first-order valence-corrected chi connectivity index (χ1v) is 6.32. The fraction of sp³-hybridized carbons (Fsp3) is 0. The van der Waals surface area contributed by atoms with Gasteiger partial charge in [-0.25, -0.2) is 5.43 Å². The van der Waals surface area contributed by atoms with Gasteiger partial charge in [-0.2, -0.15) is 5.10 Å². The zero-order valence-electron chi connectivity index (χ0n) is 10.3. The molecule has 0 unspecified atom stereocenters. The van der Waals surface area contributed by atoms with E-state index in [1.54, 1.807) is 6.07 Å². The van der Waals surface area contributed by atoms with Crippen LogP contribution in [0.1, 0.15) is 16.1 Å². The van der Waals surface area contributed by atoms with Gasteiger partial charge in [0.25, 0.3) is 0 Å². The van der Waals surface area contributed by atoms with Gasteiger partial charge >= 0.3 is 11.6 Å². The number of nitro groups is 1. The number of benzene rings is 1. The number of phenolic OH excluding ortho intramolecular Hbond substituents is 1. The standard InChI is InChI=1S/C12H8BrN3O5/c13-8-4-7(11(17)9(5-8)16(19)20)6-14-15-12(18)10-2-1-3-21-10/h1-6,17H,(H,15,18)/b14-6-. The molecule has 0 saturated carbocycles. The van der Waals surface area contributed by atoms with Crippen LogP contribution in [0.2, 0.25) is 0 Å². The van der Waals surface area contributed by atoms with Crippen LogP contribution < -0.4 is 5.43 Å². The minimum atomic E-state index is -0.723. The fourth-order valence-electron chi connectivity index (χ4n) is 1.47. The molecule has 0 atom stereocenters. The Kier molecular flexibility index (Phi) is 4.33. The second-order valence-corrected chi connectivity index (χ2v) is 4.71. The van der Waals surface area contributed by atoms with Gasteiger partial charge in [0.2, 0.25) is 5.75 Å². The quantitative estimate of drug-likeness (QED) is 0.497. The lowest BCUT2D eigenvalue weighted by Gasteiger charge is -2.01. The van der Waals surface area contributed by atoms with Gasteiger partial charge in [0, 0.05) is 16.1 Å². The fourth-order valence-corrected chi connectivity index (χ4v) is 1.93. The van der Waals surface area contributed by atoms with Gasteiger partial charge < -0.3 is 9.52 Å². The average molecular weight is 354 g/mol. The molecule has 21 heavy (non-hydrogen) atoms. The number of hydrazone groups is 1. The van der Waals surface area contributed by atoms with Crippen molar-refractivity contribution < 1.29 is 19.2 Å². The van der Waals surface area contributed by atoms with E-state index in [4.69, 9.17) is 4.42 Å². The summed E-state index contributed by atoms with van der Waals surface area (Å²) in [5, 5.41) is 24.1. The third-order valence-electron chi connectivity index (χ3n) is 2.40. The van der Waals surface area contributed by atoms with Crippen molar-refractivity contribution in [2.75, 3.05) is 0 Å². The number of carbonyl (C=O) groups is 1. The molecule has 0 aliphatic carbocycles. The Bertz CT molecular complexity index is 712. The average Bonchev–Trinajstić information content (AvgIpc) is 2.95. The van der Waals surface area contributed by atoms with Crippen molar-refractivity contribution in [1.82, 2.24) is 5.43 Å². The molecule has 0 radical (unpaired) electrons. The van der Waals surface area contributed by atoms with E-state index in [-0.39, 0.29) is 11.3 Å². The molecule has 0 spiro atoms. The normalized spacial score (nSPS) is 10.7. The van der Waals surface area contributed by atoms with Crippen LogP contribution in [0.4, 0.5) is 5.69 Å². The minimum Gasteiger partial charge on any atom is -0.502 e. The van der Waals surface area contributed by atoms with Gasteiger partial charge in [-0.15, -0.1) is 0 Å². The number of nitrogens with one attached hydrogen (secondary N) is 1. The summed E-state index contributed by atoms with van der Waals surface area (Å²) in [7, 11) is 0. The van der Waals surface area contributed by atoms with Crippen molar-refractivity contribution in [2.24, 2.45) is 5.10 Å². The van der Waals surface area contributed by atoms with E-state index in [0.717, 1.165) is 12.3 Å². The highest BCUT2D eigenvalue weighted by atomic mass is 79.9. The summed E-state index contributed by atoms with van der Waals surface area (Å²) in [6.45, 7) is 0. The number of nitro benzene ring substituents is 1. The summed E-state index contributed by atoms with van der Waals surface area (Å²) in [4.78, 5) is 21.6. The predicted octanol–water partition coefficient (Wildman–Crippen LogP) is 2.42. The Balaban J connectivity index is 2.18. The van der Waals surface area contributed by atoms with E-state index >= 15 is 0 Å². The van der Waals surface area contributed by atoms with Gasteiger partial charge in [-0.05, 0) is 18.2 Å². The van der Waals surface area contributed by atoms with Crippen LogP contribution in [0, 0.1) is 10.1 Å². The van der Waals surface area contributed by atoms with Gasteiger partial charge in [0.05, 0.1) is 17.4 Å². The van der Waals surface area contributed by atoms with Crippen LogP contribution in [0.25, 0.3) is 0 Å². The number of hydrogen-bond acceptors (Lipinski definition) is 6. The van der Waals surface area contributed by atoms with Crippen molar-refractivity contribution in [3.8, 4) is 5.75 Å². The second kappa shape index (κ2) is 6.18. The molecule has 2 N–H and O–H groups in total. The molecular weight excluding hydrogens is 346 g/mol. The summed E-state index contributed by atoms with van der Waals surface area (Å²) in [5.74, 6) is -1.06. The Hall–Kier alpha value is -2.68. The highest BCUT2D eigenvalue weighted by Crippen LogP contribution is 2.32. The largest absolute Gasteiger partial charge is 0.502 e. The lowest BCUT2D eigenvalue weighted by Crippen LogP contribution is -2.16. The lowest BCUT2D eigenvalue weighted by molar-refractivity contribution is -0.385. The maximum absolute atomic E-state index is 11.5. The Morgan fingerprint density at radius 3 is 2.90 bits per heavy atom. The van der Waals surface area contributed by atoms with Gasteiger partial charge in [0.1, 0.15) is 0 Å². The molecular formula is C12H8BrN3O5. The van der Waals surface area contributed by atoms with E-state index in [9.17, 15) is 20.0 Å². The lowest BCUT2D eigenvalue weighted by atomic mass is 10.2. The van der Waals surface area contributed by atoms with Gasteiger partial charge in [-0.1, -0.05) is 15.9 Å². The maximum atomic E-state index is 11.5.